The molecule has 7 heteroatoms. The highest BCUT2D eigenvalue weighted by Crippen LogP contribution is 2.20. The molecule has 2 heterocycles. The van der Waals surface area contributed by atoms with Crippen molar-refractivity contribution in [2.24, 2.45) is 5.92 Å². The summed E-state index contributed by atoms with van der Waals surface area (Å²) in [6.07, 6.45) is 2.14. The number of aromatic nitrogens is 1. The second kappa shape index (κ2) is 7.75. The van der Waals surface area contributed by atoms with E-state index < -0.39 is 9.84 Å². The lowest BCUT2D eigenvalue weighted by molar-refractivity contribution is 0.0948. The maximum atomic E-state index is 12.4. The molecule has 6 nitrogen and oxygen atoms in total. The molecule has 1 aliphatic rings. The van der Waals surface area contributed by atoms with E-state index in [1.807, 2.05) is 18.2 Å². The van der Waals surface area contributed by atoms with E-state index in [9.17, 15) is 13.2 Å². The van der Waals surface area contributed by atoms with Crippen LogP contribution in [0.15, 0.2) is 52.9 Å². The second-order valence-corrected chi connectivity index (χ2v) is 9.48. The summed E-state index contributed by atoms with van der Waals surface area (Å²) < 4.78 is 28.8. The molecule has 0 spiro atoms. The molecular formula is C21H22N2O4S. The van der Waals surface area contributed by atoms with Gasteiger partial charge in [0.25, 0.3) is 5.91 Å². The Kier molecular flexibility index (Phi) is 5.17. The number of amides is 1. The maximum Gasteiger partial charge on any atom is 0.251 e. The number of carbonyl (C=O) groups excluding carboxylic acids is 1. The summed E-state index contributed by atoms with van der Waals surface area (Å²) in [7, 11) is -2.93. The van der Waals surface area contributed by atoms with Crippen molar-refractivity contribution >= 4 is 26.8 Å². The van der Waals surface area contributed by atoms with Crippen molar-refractivity contribution in [2.75, 3.05) is 18.1 Å². The zero-order chi connectivity index (χ0) is 19.6. The predicted molar refractivity (Wildman–Crippen MR) is 107 cm³/mol. The van der Waals surface area contributed by atoms with Crippen LogP contribution in [-0.2, 0) is 22.7 Å². The first-order chi connectivity index (χ1) is 13.5. The van der Waals surface area contributed by atoms with Gasteiger partial charge in [-0.2, -0.15) is 0 Å². The Bertz CT molecular complexity index is 1090. The van der Waals surface area contributed by atoms with Crippen LogP contribution >= 0.6 is 0 Å². The number of nitrogens with one attached hydrogen (secondary N) is 1. The SMILES string of the molecule is O=C(NC[C@H]1CCS(=O)(=O)C1)c1ccc2oc(CCc3ccccc3)nc2c1. The van der Waals surface area contributed by atoms with Crippen molar-refractivity contribution in [1.82, 2.24) is 10.3 Å². The van der Waals surface area contributed by atoms with E-state index in [-0.39, 0.29) is 23.3 Å². The first kappa shape index (κ1) is 18.7. The third-order valence-electron chi connectivity index (χ3n) is 5.04. The minimum absolute atomic E-state index is 0.00526. The van der Waals surface area contributed by atoms with Crippen LogP contribution in [0, 0.1) is 5.92 Å². The van der Waals surface area contributed by atoms with Gasteiger partial charge in [0.1, 0.15) is 5.52 Å². The Morgan fingerprint density at radius 1 is 1.14 bits per heavy atom. The number of aryl methyl sites for hydroxylation is 2. The number of oxazole rings is 1. The highest BCUT2D eigenvalue weighted by molar-refractivity contribution is 7.91. The topological polar surface area (TPSA) is 89.3 Å². The number of sulfone groups is 1. The van der Waals surface area contributed by atoms with Gasteiger partial charge in [-0.3, -0.25) is 4.79 Å². The van der Waals surface area contributed by atoms with Crippen LogP contribution in [-0.4, -0.2) is 37.4 Å². The van der Waals surface area contributed by atoms with Gasteiger partial charge in [0.2, 0.25) is 0 Å². The minimum Gasteiger partial charge on any atom is -0.441 e. The summed E-state index contributed by atoms with van der Waals surface area (Å²) in [5.74, 6) is 0.784. The quantitative estimate of drug-likeness (QED) is 0.690. The molecule has 28 heavy (non-hydrogen) atoms. The Morgan fingerprint density at radius 3 is 2.71 bits per heavy atom. The number of carbonyl (C=O) groups is 1. The van der Waals surface area contributed by atoms with Gasteiger partial charge in [-0.1, -0.05) is 30.3 Å². The van der Waals surface area contributed by atoms with Gasteiger partial charge in [0.05, 0.1) is 11.5 Å². The molecule has 0 aliphatic carbocycles. The third kappa shape index (κ3) is 4.42. The fourth-order valence-electron chi connectivity index (χ4n) is 3.49. The molecule has 1 fully saturated rings. The lowest BCUT2D eigenvalue weighted by atomic mass is 10.1. The Morgan fingerprint density at radius 2 is 1.96 bits per heavy atom. The van der Waals surface area contributed by atoms with Crippen molar-refractivity contribution < 1.29 is 17.6 Å². The van der Waals surface area contributed by atoms with Crippen LogP contribution in [0.2, 0.25) is 0 Å². The molecule has 4 rings (SSSR count). The lowest BCUT2D eigenvalue weighted by Gasteiger charge is -2.09. The number of fused-ring (bicyclic) bond motifs is 1. The van der Waals surface area contributed by atoms with E-state index in [0.29, 0.717) is 41.9 Å². The molecule has 3 aromatic rings. The highest BCUT2D eigenvalue weighted by atomic mass is 32.2. The molecular weight excluding hydrogens is 376 g/mol. The summed E-state index contributed by atoms with van der Waals surface area (Å²) in [5.41, 5.74) is 3.02. The van der Waals surface area contributed by atoms with Crippen molar-refractivity contribution in [3.63, 3.8) is 0 Å². The van der Waals surface area contributed by atoms with Crippen molar-refractivity contribution in [3.05, 3.63) is 65.5 Å². The first-order valence-corrected chi connectivity index (χ1v) is 11.2. The minimum atomic E-state index is -2.93. The number of hydrogen-bond donors (Lipinski definition) is 1. The molecule has 1 aliphatic heterocycles. The van der Waals surface area contributed by atoms with E-state index in [0.717, 1.165) is 6.42 Å². The van der Waals surface area contributed by atoms with E-state index >= 15 is 0 Å². The van der Waals surface area contributed by atoms with Crippen LogP contribution in [0.1, 0.15) is 28.2 Å². The van der Waals surface area contributed by atoms with E-state index in [1.54, 1.807) is 18.2 Å². The van der Waals surface area contributed by atoms with Gasteiger partial charge in [-0.25, -0.2) is 13.4 Å². The van der Waals surface area contributed by atoms with E-state index in [1.165, 1.54) is 5.56 Å². The van der Waals surface area contributed by atoms with Gasteiger partial charge in [-0.05, 0) is 42.5 Å². The second-order valence-electron chi connectivity index (χ2n) is 7.25. The summed E-state index contributed by atoms with van der Waals surface area (Å²) >= 11 is 0. The third-order valence-corrected chi connectivity index (χ3v) is 6.88. The predicted octanol–water partition coefficient (Wildman–Crippen LogP) is 2.78. The van der Waals surface area contributed by atoms with Gasteiger partial charge >= 0.3 is 0 Å². The van der Waals surface area contributed by atoms with E-state index in [2.05, 4.69) is 22.4 Å². The van der Waals surface area contributed by atoms with E-state index in [4.69, 9.17) is 4.42 Å². The molecule has 146 valence electrons. The number of rotatable bonds is 6. The smallest absolute Gasteiger partial charge is 0.251 e. The summed E-state index contributed by atoms with van der Waals surface area (Å²) in [6.45, 7) is 0.372. The summed E-state index contributed by atoms with van der Waals surface area (Å²) in [6, 6.07) is 15.3. The van der Waals surface area contributed by atoms with Crippen molar-refractivity contribution in [2.45, 2.75) is 19.3 Å². The number of hydrogen-bond acceptors (Lipinski definition) is 5. The molecule has 0 radical (unpaired) electrons. The highest BCUT2D eigenvalue weighted by Gasteiger charge is 2.28. The van der Waals surface area contributed by atoms with Crippen LogP contribution < -0.4 is 5.32 Å². The molecule has 1 atom stereocenters. The fraction of sp³-hybridized carbons (Fsp3) is 0.333. The first-order valence-electron chi connectivity index (χ1n) is 9.40. The Labute approximate surface area is 163 Å². The fourth-order valence-corrected chi connectivity index (χ4v) is 5.35. The van der Waals surface area contributed by atoms with Crippen LogP contribution in [0.3, 0.4) is 0 Å². The molecule has 1 N–H and O–H groups in total. The van der Waals surface area contributed by atoms with Gasteiger partial charge in [-0.15, -0.1) is 0 Å². The normalized spacial score (nSPS) is 18.4. The monoisotopic (exact) mass is 398 g/mol. The molecule has 0 unspecified atom stereocenters. The largest absolute Gasteiger partial charge is 0.441 e. The van der Waals surface area contributed by atoms with Crippen molar-refractivity contribution in [3.8, 4) is 0 Å². The molecule has 1 aromatic heterocycles. The van der Waals surface area contributed by atoms with Gasteiger partial charge < -0.3 is 9.73 Å². The van der Waals surface area contributed by atoms with Crippen LogP contribution in [0.25, 0.3) is 11.1 Å². The zero-order valence-corrected chi connectivity index (χ0v) is 16.2. The average molecular weight is 398 g/mol. The average Bonchev–Trinajstić information content (AvgIpc) is 3.26. The number of benzene rings is 2. The van der Waals surface area contributed by atoms with Crippen molar-refractivity contribution in [1.29, 1.82) is 0 Å². The van der Waals surface area contributed by atoms with Crippen LogP contribution in [0.5, 0.6) is 0 Å². The maximum absolute atomic E-state index is 12.4. The summed E-state index contributed by atoms with van der Waals surface area (Å²) in [5, 5.41) is 2.84. The lowest BCUT2D eigenvalue weighted by Crippen LogP contribution is -2.29. The van der Waals surface area contributed by atoms with Gasteiger partial charge in [0, 0.05) is 18.5 Å². The molecule has 0 saturated carbocycles. The Hall–Kier alpha value is -2.67. The molecule has 1 amide bonds. The summed E-state index contributed by atoms with van der Waals surface area (Å²) in [4.78, 5) is 16.9. The zero-order valence-electron chi connectivity index (χ0n) is 15.4. The molecule has 1 saturated heterocycles. The molecule has 0 bridgehead atoms. The Balaban J connectivity index is 1.39. The number of nitrogens with zero attached hydrogens (tertiary/aromatic N) is 1. The van der Waals surface area contributed by atoms with Crippen LogP contribution in [0.4, 0.5) is 0 Å². The van der Waals surface area contributed by atoms with Gasteiger partial charge in [0.15, 0.2) is 21.3 Å². The molecule has 2 aromatic carbocycles. The standard InChI is InChI=1S/C21H22N2O4S/c24-21(22-13-16-10-11-28(25,26)14-16)17-7-8-19-18(12-17)23-20(27-19)9-6-15-4-2-1-3-5-15/h1-5,7-8,12,16H,6,9-11,13-14H2,(H,22,24)/t16-/m1/s1.